The second kappa shape index (κ2) is 8.33. The minimum Gasteiger partial charge on any atom is -0.358 e. The second-order valence-corrected chi connectivity index (χ2v) is 5.88. The van der Waals surface area contributed by atoms with Gasteiger partial charge in [0.1, 0.15) is 5.15 Å². The lowest BCUT2D eigenvalue weighted by molar-refractivity contribution is -0.137. The van der Waals surface area contributed by atoms with Crippen LogP contribution in [0.5, 0.6) is 0 Å². The van der Waals surface area contributed by atoms with Crippen LogP contribution in [0.25, 0.3) is 5.69 Å². The number of alkyl halides is 3. The van der Waals surface area contributed by atoms with Crippen LogP contribution in [0, 0.1) is 6.92 Å². The quantitative estimate of drug-likeness (QED) is 0.346. The van der Waals surface area contributed by atoms with Crippen molar-refractivity contribution in [1.82, 2.24) is 20.5 Å². The Morgan fingerprint density at radius 3 is 2.85 bits per heavy atom. The number of aromatic nitrogens is 2. The van der Waals surface area contributed by atoms with Crippen LogP contribution in [0.1, 0.15) is 16.8 Å². The fraction of sp³-hybridized carbons (Fsp3) is 0.188. The van der Waals surface area contributed by atoms with E-state index in [0.29, 0.717) is 22.9 Å². The van der Waals surface area contributed by atoms with Gasteiger partial charge in [0.2, 0.25) is 0 Å². The normalized spacial score (nSPS) is 11.6. The van der Waals surface area contributed by atoms with Gasteiger partial charge in [-0.25, -0.2) is 4.68 Å². The van der Waals surface area contributed by atoms with Crippen LogP contribution < -0.4 is 10.7 Å². The van der Waals surface area contributed by atoms with E-state index in [-0.39, 0.29) is 10.8 Å². The Kier molecular flexibility index (Phi) is 6.38. The van der Waals surface area contributed by atoms with E-state index in [1.54, 1.807) is 13.0 Å². The van der Waals surface area contributed by atoms with Gasteiger partial charge in [-0.05, 0) is 37.3 Å². The van der Waals surface area contributed by atoms with Crippen LogP contribution in [-0.4, -0.2) is 27.7 Å². The van der Waals surface area contributed by atoms with E-state index in [9.17, 15) is 13.2 Å². The molecule has 0 aliphatic rings. The summed E-state index contributed by atoms with van der Waals surface area (Å²) in [6.07, 6.45) is -1.42. The number of aryl methyl sites for hydroxylation is 1. The fourth-order valence-corrected chi connectivity index (χ4v) is 2.46. The van der Waals surface area contributed by atoms with E-state index in [4.69, 9.17) is 23.8 Å². The van der Waals surface area contributed by atoms with Crippen molar-refractivity contribution in [1.29, 1.82) is 0 Å². The lowest BCUT2D eigenvalue weighted by Gasteiger charge is -2.09. The zero-order chi connectivity index (χ0) is 19.3. The minimum atomic E-state index is -4.45. The average molecular weight is 402 g/mol. The molecule has 1 heterocycles. The fourth-order valence-electron chi connectivity index (χ4n) is 2.00. The van der Waals surface area contributed by atoms with Crippen molar-refractivity contribution in [3.63, 3.8) is 0 Å². The number of nitrogens with zero attached hydrogens (tertiary/aromatic N) is 3. The number of nitrogens with one attached hydrogen (secondary N) is 2. The zero-order valence-electron chi connectivity index (χ0n) is 13.6. The lowest BCUT2D eigenvalue weighted by atomic mass is 10.2. The smallest absolute Gasteiger partial charge is 0.358 e. The van der Waals surface area contributed by atoms with E-state index >= 15 is 0 Å². The molecule has 0 radical (unpaired) electrons. The maximum absolute atomic E-state index is 12.9. The summed E-state index contributed by atoms with van der Waals surface area (Å²) >= 11 is 11.3. The van der Waals surface area contributed by atoms with E-state index in [1.165, 1.54) is 23.0 Å². The van der Waals surface area contributed by atoms with Crippen LogP contribution in [0.3, 0.4) is 0 Å². The first-order chi connectivity index (χ1) is 12.2. The SMILES string of the molecule is C=CCNC(=S)NN=Cc1c(C)nn(-c2cccc(C(F)(F)F)c2)c1Cl. The first-order valence-electron chi connectivity index (χ1n) is 7.34. The molecule has 5 nitrogen and oxygen atoms in total. The van der Waals surface area contributed by atoms with Gasteiger partial charge in [-0.15, -0.1) is 6.58 Å². The zero-order valence-corrected chi connectivity index (χ0v) is 15.2. The summed E-state index contributed by atoms with van der Waals surface area (Å²) < 4.78 is 39.9. The summed E-state index contributed by atoms with van der Waals surface area (Å²) in [5.74, 6) is 0. The molecule has 2 N–H and O–H groups in total. The summed E-state index contributed by atoms with van der Waals surface area (Å²) in [6, 6.07) is 4.74. The standard InChI is InChI=1S/C16H15ClF3N5S/c1-3-7-21-15(26)23-22-9-13-10(2)24-25(14(13)17)12-6-4-5-11(8-12)16(18,19)20/h3-6,8-9H,1,7H2,2H3,(H2,21,23,26). The molecule has 2 rings (SSSR count). The number of halogens is 4. The molecule has 2 aromatic rings. The van der Waals surface area contributed by atoms with E-state index in [1.807, 2.05) is 0 Å². The van der Waals surface area contributed by atoms with E-state index in [0.717, 1.165) is 12.1 Å². The Labute approximate surface area is 158 Å². The van der Waals surface area contributed by atoms with Gasteiger partial charge in [-0.2, -0.15) is 23.4 Å². The molecule has 0 aliphatic carbocycles. The molecule has 10 heteroatoms. The molecule has 1 aromatic heterocycles. The lowest BCUT2D eigenvalue weighted by Crippen LogP contribution is -2.31. The van der Waals surface area contributed by atoms with Crippen molar-refractivity contribution >= 4 is 35.1 Å². The molecule has 26 heavy (non-hydrogen) atoms. The van der Waals surface area contributed by atoms with Crippen molar-refractivity contribution in [3.8, 4) is 5.69 Å². The Morgan fingerprint density at radius 2 is 2.19 bits per heavy atom. The van der Waals surface area contributed by atoms with Gasteiger partial charge in [-0.3, -0.25) is 5.43 Å². The summed E-state index contributed by atoms with van der Waals surface area (Å²) in [5, 5.41) is 11.4. The third-order valence-corrected chi connectivity index (χ3v) is 3.83. The molecule has 0 fully saturated rings. The number of rotatable bonds is 5. The van der Waals surface area contributed by atoms with Crippen LogP contribution in [0.15, 0.2) is 42.0 Å². The maximum Gasteiger partial charge on any atom is 0.416 e. The predicted octanol–water partition coefficient (Wildman–Crippen LogP) is 3.84. The van der Waals surface area contributed by atoms with Crippen molar-refractivity contribution in [2.75, 3.05) is 6.54 Å². The minimum absolute atomic E-state index is 0.136. The molecule has 0 bridgehead atoms. The van der Waals surface area contributed by atoms with Crippen molar-refractivity contribution in [2.24, 2.45) is 5.10 Å². The highest BCUT2D eigenvalue weighted by Gasteiger charge is 2.30. The van der Waals surface area contributed by atoms with Crippen molar-refractivity contribution < 1.29 is 13.2 Å². The number of hydrazone groups is 1. The van der Waals surface area contributed by atoms with Crippen LogP contribution >= 0.6 is 23.8 Å². The van der Waals surface area contributed by atoms with E-state index in [2.05, 4.69) is 27.5 Å². The summed E-state index contributed by atoms with van der Waals surface area (Å²) in [5.41, 5.74) is 2.98. The van der Waals surface area contributed by atoms with Gasteiger partial charge in [0.25, 0.3) is 0 Å². The molecule has 138 valence electrons. The van der Waals surface area contributed by atoms with Gasteiger partial charge in [0.05, 0.1) is 28.7 Å². The Balaban J connectivity index is 2.25. The molecule has 1 aromatic carbocycles. The Hall–Kier alpha value is -2.39. The maximum atomic E-state index is 12.9. The van der Waals surface area contributed by atoms with Crippen LogP contribution in [-0.2, 0) is 6.18 Å². The number of thiocarbonyl (C=S) groups is 1. The Bertz CT molecular complexity index is 845. The van der Waals surface area contributed by atoms with Gasteiger partial charge >= 0.3 is 6.18 Å². The first-order valence-corrected chi connectivity index (χ1v) is 8.13. The molecule has 0 saturated heterocycles. The molecule has 0 unspecified atom stereocenters. The van der Waals surface area contributed by atoms with Gasteiger partial charge in [0, 0.05) is 6.54 Å². The topological polar surface area (TPSA) is 54.2 Å². The molecule has 0 saturated carbocycles. The van der Waals surface area contributed by atoms with Gasteiger partial charge in [-0.1, -0.05) is 23.7 Å². The van der Waals surface area contributed by atoms with E-state index < -0.39 is 11.7 Å². The summed E-state index contributed by atoms with van der Waals surface area (Å²) in [4.78, 5) is 0. The largest absolute Gasteiger partial charge is 0.416 e. The predicted molar refractivity (Wildman–Crippen MR) is 99.8 cm³/mol. The third kappa shape index (κ3) is 4.83. The highest BCUT2D eigenvalue weighted by Crippen LogP contribution is 2.31. The average Bonchev–Trinajstić information content (AvgIpc) is 2.87. The van der Waals surface area contributed by atoms with Crippen LogP contribution in [0.2, 0.25) is 5.15 Å². The molecule has 0 amide bonds. The highest BCUT2D eigenvalue weighted by atomic mass is 35.5. The van der Waals surface area contributed by atoms with Gasteiger partial charge in [0.15, 0.2) is 5.11 Å². The monoisotopic (exact) mass is 401 g/mol. The Morgan fingerprint density at radius 1 is 1.46 bits per heavy atom. The molecule has 0 aliphatic heterocycles. The van der Waals surface area contributed by atoms with Crippen molar-refractivity contribution in [2.45, 2.75) is 13.1 Å². The number of benzene rings is 1. The first kappa shape index (κ1) is 19.9. The number of hydrogen-bond donors (Lipinski definition) is 2. The highest BCUT2D eigenvalue weighted by molar-refractivity contribution is 7.80. The number of hydrogen-bond acceptors (Lipinski definition) is 3. The van der Waals surface area contributed by atoms with Gasteiger partial charge < -0.3 is 5.32 Å². The molecule has 0 atom stereocenters. The third-order valence-electron chi connectivity index (χ3n) is 3.23. The van der Waals surface area contributed by atoms with Crippen LogP contribution in [0.4, 0.5) is 13.2 Å². The van der Waals surface area contributed by atoms with Crippen molar-refractivity contribution in [3.05, 3.63) is 58.9 Å². The molecular formula is C16H15ClF3N5S. The molecular weight excluding hydrogens is 387 g/mol. The summed E-state index contributed by atoms with van der Waals surface area (Å²) in [6.45, 7) is 5.70. The second-order valence-electron chi connectivity index (χ2n) is 5.12. The summed E-state index contributed by atoms with van der Waals surface area (Å²) in [7, 11) is 0. The molecule has 0 spiro atoms.